The molecule has 0 N–H and O–H groups in total. The lowest BCUT2D eigenvalue weighted by molar-refractivity contribution is -0.385. The quantitative estimate of drug-likeness (QED) is 0.621. The summed E-state index contributed by atoms with van der Waals surface area (Å²) in [6.07, 6.45) is 1.25. The van der Waals surface area contributed by atoms with Crippen LogP contribution in [0.4, 0.5) is 5.69 Å². The fraction of sp³-hybridized carbons (Fsp3) is 0.167. The van der Waals surface area contributed by atoms with Crippen molar-refractivity contribution < 1.29 is 9.66 Å². The molecule has 0 bridgehead atoms. The van der Waals surface area contributed by atoms with E-state index in [-0.39, 0.29) is 34.6 Å². The van der Waals surface area contributed by atoms with Crippen LogP contribution in [0.3, 0.4) is 0 Å². The van der Waals surface area contributed by atoms with Gasteiger partial charge in [-0.05, 0) is 6.07 Å². The molecular formula is C12H9Cl2N3O4. The Morgan fingerprint density at radius 1 is 1.33 bits per heavy atom. The summed E-state index contributed by atoms with van der Waals surface area (Å²) in [4.78, 5) is 22.0. The van der Waals surface area contributed by atoms with E-state index in [1.54, 1.807) is 6.07 Å². The highest BCUT2D eigenvalue weighted by molar-refractivity contribution is 6.41. The van der Waals surface area contributed by atoms with Crippen molar-refractivity contribution in [3.8, 4) is 5.75 Å². The number of benzene rings is 1. The third-order valence-corrected chi connectivity index (χ3v) is 3.31. The Bertz CT molecular complexity index is 733. The van der Waals surface area contributed by atoms with E-state index >= 15 is 0 Å². The van der Waals surface area contributed by atoms with E-state index in [1.165, 1.54) is 24.4 Å². The maximum Gasteiger partial charge on any atom is 0.310 e. The number of halogens is 2. The van der Waals surface area contributed by atoms with Gasteiger partial charge in [0.15, 0.2) is 5.75 Å². The van der Waals surface area contributed by atoms with Gasteiger partial charge in [0.2, 0.25) is 0 Å². The molecule has 0 unspecified atom stereocenters. The molecule has 21 heavy (non-hydrogen) atoms. The topological polar surface area (TPSA) is 87.3 Å². The lowest BCUT2D eigenvalue weighted by atomic mass is 10.3. The van der Waals surface area contributed by atoms with E-state index in [0.717, 1.165) is 4.68 Å². The standard InChI is InChI=1S/C12H9Cl2N3O4/c13-8-7-15-16(12(18)11(8)14)5-6-21-10-4-2-1-3-9(10)17(19)20/h1-4,7H,5-6H2. The molecule has 2 aromatic rings. The van der Waals surface area contributed by atoms with Gasteiger partial charge in [-0.1, -0.05) is 35.3 Å². The molecule has 0 fully saturated rings. The third-order valence-electron chi connectivity index (χ3n) is 2.56. The summed E-state index contributed by atoms with van der Waals surface area (Å²) in [5.41, 5.74) is -0.692. The zero-order valence-corrected chi connectivity index (χ0v) is 12.0. The number of ether oxygens (including phenoxy) is 1. The second kappa shape index (κ2) is 6.55. The summed E-state index contributed by atoms with van der Waals surface area (Å²) >= 11 is 11.4. The number of hydrogen-bond donors (Lipinski definition) is 0. The molecule has 9 heteroatoms. The first-order valence-electron chi connectivity index (χ1n) is 5.78. The molecule has 0 spiro atoms. The molecule has 0 saturated carbocycles. The first-order chi connectivity index (χ1) is 10.0. The molecule has 1 aromatic carbocycles. The Hall–Kier alpha value is -2.12. The van der Waals surface area contributed by atoms with Gasteiger partial charge in [0, 0.05) is 6.07 Å². The molecule has 0 aliphatic rings. The van der Waals surface area contributed by atoms with Crippen molar-refractivity contribution in [3.05, 3.63) is 61.0 Å². The summed E-state index contributed by atoms with van der Waals surface area (Å²) in [5.74, 6) is 0.121. The van der Waals surface area contributed by atoms with Crippen LogP contribution in [0, 0.1) is 10.1 Å². The van der Waals surface area contributed by atoms with Gasteiger partial charge < -0.3 is 4.74 Å². The Labute approximate surface area is 128 Å². The molecule has 0 aliphatic carbocycles. The summed E-state index contributed by atoms with van der Waals surface area (Å²) < 4.78 is 6.38. The first-order valence-corrected chi connectivity index (χ1v) is 6.53. The van der Waals surface area contributed by atoms with E-state index in [1.807, 2.05) is 0 Å². The summed E-state index contributed by atoms with van der Waals surface area (Å²) in [6.45, 7) is 0.109. The molecule has 7 nitrogen and oxygen atoms in total. The summed E-state index contributed by atoms with van der Waals surface area (Å²) in [7, 11) is 0. The predicted octanol–water partition coefficient (Wildman–Crippen LogP) is 2.54. The van der Waals surface area contributed by atoms with Crippen LogP contribution in [0.5, 0.6) is 5.75 Å². The van der Waals surface area contributed by atoms with E-state index in [9.17, 15) is 14.9 Å². The SMILES string of the molecule is O=c1c(Cl)c(Cl)cnn1CCOc1ccccc1[N+](=O)[O-]. The van der Waals surface area contributed by atoms with Crippen molar-refractivity contribution in [2.24, 2.45) is 0 Å². The first kappa shape index (κ1) is 15.3. The Morgan fingerprint density at radius 2 is 2.05 bits per heavy atom. The molecule has 110 valence electrons. The molecule has 1 aromatic heterocycles. The normalized spacial score (nSPS) is 10.4. The van der Waals surface area contributed by atoms with Crippen LogP contribution >= 0.6 is 23.2 Å². The monoisotopic (exact) mass is 329 g/mol. The van der Waals surface area contributed by atoms with Gasteiger partial charge >= 0.3 is 5.69 Å². The number of nitro groups is 1. The maximum atomic E-state index is 11.7. The number of hydrogen-bond acceptors (Lipinski definition) is 5. The molecule has 0 amide bonds. The van der Waals surface area contributed by atoms with Gasteiger partial charge in [-0.25, -0.2) is 4.68 Å². The minimum atomic E-state index is -0.546. The number of para-hydroxylation sites is 2. The van der Waals surface area contributed by atoms with E-state index in [0.29, 0.717) is 0 Å². The van der Waals surface area contributed by atoms with Crippen LogP contribution < -0.4 is 10.3 Å². The number of nitro benzene ring substituents is 1. The van der Waals surface area contributed by atoms with E-state index in [2.05, 4.69) is 5.10 Å². The number of rotatable bonds is 5. The molecule has 0 radical (unpaired) electrons. The lowest BCUT2D eigenvalue weighted by Crippen LogP contribution is -2.26. The van der Waals surface area contributed by atoms with Crippen LogP contribution in [0.15, 0.2) is 35.3 Å². The second-order valence-corrected chi connectivity index (χ2v) is 4.69. The molecule has 0 aliphatic heterocycles. The largest absolute Gasteiger partial charge is 0.485 e. The molecule has 0 atom stereocenters. The summed E-state index contributed by atoms with van der Waals surface area (Å²) in [6, 6.07) is 5.96. The van der Waals surface area contributed by atoms with Gasteiger partial charge in [0.05, 0.1) is 22.7 Å². The van der Waals surface area contributed by atoms with E-state index < -0.39 is 10.5 Å². The predicted molar refractivity (Wildman–Crippen MR) is 77.1 cm³/mol. The molecule has 1 heterocycles. The van der Waals surface area contributed by atoms with Gasteiger partial charge in [-0.3, -0.25) is 14.9 Å². The van der Waals surface area contributed by atoms with Crippen LogP contribution in [0.2, 0.25) is 10.0 Å². The summed E-state index contributed by atoms with van der Waals surface area (Å²) in [5, 5.41) is 14.6. The van der Waals surface area contributed by atoms with Crippen LogP contribution in [-0.2, 0) is 6.54 Å². The number of nitrogens with zero attached hydrogens (tertiary/aromatic N) is 3. The number of aromatic nitrogens is 2. The van der Waals surface area contributed by atoms with E-state index in [4.69, 9.17) is 27.9 Å². The van der Waals surface area contributed by atoms with Crippen molar-refractivity contribution >= 4 is 28.9 Å². The third kappa shape index (κ3) is 3.50. The van der Waals surface area contributed by atoms with Crippen LogP contribution in [0.25, 0.3) is 0 Å². The Balaban J connectivity index is 2.08. The highest BCUT2D eigenvalue weighted by atomic mass is 35.5. The van der Waals surface area contributed by atoms with Gasteiger partial charge in [-0.2, -0.15) is 5.10 Å². The average Bonchev–Trinajstić information content (AvgIpc) is 2.47. The van der Waals surface area contributed by atoms with Crippen molar-refractivity contribution in [2.45, 2.75) is 6.54 Å². The van der Waals surface area contributed by atoms with Crippen LogP contribution in [0.1, 0.15) is 0 Å². The van der Waals surface area contributed by atoms with Gasteiger partial charge in [0.1, 0.15) is 11.6 Å². The zero-order chi connectivity index (χ0) is 15.4. The average molecular weight is 330 g/mol. The highest BCUT2D eigenvalue weighted by Crippen LogP contribution is 2.25. The lowest BCUT2D eigenvalue weighted by Gasteiger charge is -2.08. The fourth-order valence-electron chi connectivity index (χ4n) is 1.58. The minimum Gasteiger partial charge on any atom is -0.485 e. The van der Waals surface area contributed by atoms with Crippen molar-refractivity contribution in [2.75, 3.05) is 6.61 Å². The smallest absolute Gasteiger partial charge is 0.310 e. The Morgan fingerprint density at radius 3 is 2.76 bits per heavy atom. The van der Waals surface area contributed by atoms with Crippen LogP contribution in [-0.4, -0.2) is 21.3 Å². The molecule has 0 saturated heterocycles. The zero-order valence-electron chi connectivity index (χ0n) is 10.5. The van der Waals surface area contributed by atoms with Crippen molar-refractivity contribution in [1.29, 1.82) is 0 Å². The van der Waals surface area contributed by atoms with Crippen molar-refractivity contribution in [1.82, 2.24) is 9.78 Å². The fourth-order valence-corrected chi connectivity index (χ4v) is 1.85. The highest BCUT2D eigenvalue weighted by Gasteiger charge is 2.14. The second-order valence-electron chi connectivity index (χ2n) is 3.91. The Kier molecular flexibility index (Phi) is 4.77. The maximum absolute atomic E-state index is 11.7. The van der Waals surface area contributed by atoms with Gasteiger partial charge in [-0.15, -0.1) is 0 Å². The van der Waals surface area contributed by atoms with Gasteiger partial charge in [0.25, 0.3) is 5.56 Å². The molecular weight excluding hydrogens is 321 g/mol. The van der Waals surface area contributed by atoms with Crippen molar-refractivity contribution in [3.63, 3.8) is 0 Å². The molecule has 2 rings (SSSR count). The minimum absolute atomic E-state index is 0.0235.